The third-order valence-electron chi connectivity index (χ3n) is 4.55. The van der Waals surface area contributed by atoms with Gasteiger partial charge < -0.3 is 19.9 Å². The highest BCUT2D eigenvalue weighted by Gasteiger charge is 2.22. The third kappa shape index (κ3) is 8.12. The number of hydrogen-bond acceptors (Lipinski definition) is 4. The van der Waals surface area contributed by atoms with E-state index in [4.69, 9.17) is 4.74 Å². The molecule has 1 heterocycles. The van der Waals surface area contributed by atoms with E-state index in [9.17, 15) is 14.0 Å². The van der Waals surface area contributed by atoms with Crippen LogP contribution in [-0.2, 0) is 22.6 Å². The van der Waals surface area contributed by atoms with E-state index in [-0.39, 0.29) is 24.3 Å². The fraction of sp³-hybridized carbons (Fsp3) is 0.455. The number of hydrogen-bond donors (Lipinski definition) is 1. The maximum atomic E-state index is 13.3. The van der Waals surface area contributed by atoms with Crippen molar-refractivity contribution in [2.45, 2.75) is 32.9 Å². The molecule has 1 aromatic carbocycles. The van der Waals surface area contributed by atoms with Gasteiger partial charge in [-0.2, -0.15) is 0 Å². The van der Waals surface area contributed by atoms with E-state index in [0.29, 0.717) is 32.8 Å². The zero-order valence-corrected chi connectivity index (χ0v) is 18.4. The predicted octanol–water partition coefficient (Wildman–Crippen LogP) is 3.87. The number of nitrogens with zero attached hydrogens (tertiary/aromatic N) is 2. The Balaban J connectivity index is 2.10. The summed E-state index contributed by atoms with van der Waals surface area (Å²) in [4.78, 5) is 29.9. The minimum atomic E-state index is -0.315. The number of urea groups is 1. The van der Waals surface area contributed by atoms with Gasteiger partial charge in [-0.05, 0) is 35.6 Å². The number of thiophene rings is 1. The fourth-order valence-electron chi connectivity index (χ4n) is 2.83. The van der Waals surface area contributed by atoms with Gasteiger partial charge in [-0.3, -0.25) is 4.79 Å². The van der Waals surface area contributed by atoms with Gasteiger partial charge in [-0.25, -0.2) is 9.18 Å². The van der Waals surface area contributed by atoms with Gasteiger partial charge in [0.05, 0.1) is 13.2 Å². The van der Waals surface area contributed by atoms with Crippen LogP contribution in [0.5, 0.6) is 0 Å². The zero-order chi connectivity index (χ0) is 21.8. The minimum absolute atomic E-state index is 0.0477. The van der Waals surface area contributed by atoms with Gasteiger partial charge in [0.25, 0.3) is 0 Å². The summed E-state index contributed by atoms with van der Waals surface area (Å²) in [7, 11) is 1.56. The van der Waals surface area contributed by atoms with Crippen molar-refractivity contribution >= 4 is 23.3 Å². The molecule has 0 radical (unpaired) electrons. The first-order valence-electron chi connectivity index (χ1n) is 10.1. The number of unbranched alkanes of at least 4 members (excludes halogenated alkanes) is 1. The lowest BCUT2D eigenvalue weighted by atomic mass is 10.2. The van der Waals surface area contributed by atoms with Gasteiger partial charge >= 0.3 is 6.03 Å². The van der Waals surface area contributed by atoms with Crippen LogP contribution in [0.15, 0.2) is 41.8 Å². The lowest BCUT2D eigenvalue weighted by Gasteiger charge is -2.27. The normalized spacial score (nSPS) is 10.6. The molecule has 0 atom stereocenters. The van der Waals surface area contributed by atoms with Crippen LogP contribution in [0.4, 0.5) is 9.18 Å². The van der Waals surface area contributed by atoms with Gasteiger partial charge in [0, 0.05) is 31.6 Å². The zero-order valence-electron chi connectivity index (χ0n) is 17.6. The molecule has 0 unspecified atom stereocenters. The SMILES string of the molecule is CCCCNC(=O)N(CCOC)CC(=O)N(Cc1ccc(F)cc1)Cc1cccs1. The monoisotopic (exact) mass is 435 g/mol. The average molecular weight is 436 g/mol. The van der Waals surface area contributed by atoms with Gasteiger partial charge in [0.2, 0.25) is 5.91 Å². The van der Waals surface area contributed by atoms with E-state index in [0.717, 1.165) is 23.3 Å². The Hall–Kier alpha value is -2.45. The number of amides is 3. The van der Waals surface area contributed by atoms with E-state index in [1.54, 1.807) is 35.5 Å². The quantitative estimate of drug-likeness (QED) is 0.515. The Labute approximate surface area is 181 Å². The first-order valence-corrected chi connectivity index (χ1v) is 11.0. The highest BCUT2D eigenvalue weighted by Crippen LogP contribution is 2.15. The molecule has 0 fully saturated rings. The van der Waals surface area contributed by atoms with Crippen molar-refractivity contribution in [3.05, 3.63) is 58.0 Å². The molecule has 0 bridgehead atoms. The summed E-state index contributed by atoms with van der Waals surface area (Å²) in [5, 5.41) is 4.82. The van der Waals surface area contributed by atoms with Crippen LogP contribution in [0.2, 0.25) is 0 Å². The number of methoxy groups -OCH3 is 1. The molecule has 164 valence electrons. The summed E-state index contributed by atoms with van der Waals surface area (Å²) in [5.74, 6) is -0.487. The van der Waals surface area contributed by atoms with Crippen LogP contribution in [0.25, 0.3) is 0 Å². The van der Waals surface area contributed by atoms with Crippen molar-refractivity contribution in [1.82, 2.24) is 15.1 Å². The predicted molar refractivity (Wildman–Crippen MR) is 117 cm³/mol. The number of halogens is 1. The Morgan fingerprint density at radius 3 is 2.53 bits per heavy atom. The summed E-state index contributed by atoms with van der Waals surface area (Å²) in [6, 6.07) is 9.74. The van der Waals surface area contributed by atoms with Crippen molar-refractivity contribution in [2.75, 3.05) is 33.4 Å². The van der Waals surface area contributed by atoms with E-state index >= 15 is 0 Å². The van der Waals surface area contributed by atoms with E-state index in [2.05, 4.69) is 12.2 Å². The van der Waals surface area contributed by atoms with Gasteiger partial charge in [0.15, 0.2) is 0 Å². The molecule has 2 rings (SSSR count). The van der Waals surface area contributed by atoms with Gasteiger partial charge in [-0.15, -0.1) is 11.3 Å². The van der Waals surface area contributed by atoms with E-state index < -0.39 is 0 Å². The third-order valence-corrected chi connectivity index (χ3v) is 5.41. The summed E-state index contributed by atoms with van der Waals surface area (Å²) in [5.41, 5.74) is 0.831. The smallest absolute Gasteiger partial charge is 0.317 e. The molecule has 0 aliphatic rings. The molecule has 2 aromatic rings. The van der Waals surface area contributed by atoms with Crippen LogP contribution in [0.3, 0.4) is 0 Å². The first kappa shape index (κ1) is 23.8. The number of carbonyl (C=O) groups excluding carboxylic acids is 2. The summed E-state index contributed by atoms with van der Waals surface area (Å²) >= 11 is 1.57. The summed E-state index contributed by atoms with van der Waals surface area (Å²) in [6.07, 6.45) is 1.86. The first-order chi connectivity index (χ1) is 14.5. The van der Waals surface area contributed by atoms with Crippen molar-refractivity contribution < 1.29 is 18.7 Å². The topological polar surface area (TPSA) is 61.9 Å². The van der Waals surface area contributed by atoms with Gasteiger partial charge in [-0.1, -0.05) is 31.5 Å². The van der Waals surface area contributed by atoms with Crippen LogP contribution in [0.1, 0.15) is 30.2 Å². The molecule has 0 saturated carbocycles. The number of rotatable bonds is 12. The second-order valence-corrected chi connectivity index (χ2v) is 7.99. The second-order valence-electron chi connectivity index (χ2n) is 6.96. The number of ether oxygens (including phenoxy) is 1. The Morgan fingerprint density at radius 2 is 1.90 bits per heavy atom. The van der Waals surface area contributed by atoms with Crippen LogP contribution < -0.4 is 5.32 Å². The van der Waals surface area contributed by atoms with Gasteiger partial charge in [0.1, 0.15) is 12.4 Å². The van der Waals surface area contributed by atoms with Crippen molar-refractivity contribution in [3.8, 4) is 0 Å². The minimum Gasteiger partial charge on any atom is -0.383 e. The van der Waals surface area contributed by atoms with Crippen molar-refractivity contribution in [1.29, 1.82) is 0 Å². The molecule has 6 nitrogen and oxygen atoms in total. The molecule has 0 aliphatic heterocycles. The summed E-state index contributed by atoms with van der Waals surface area (Å²) < 4.78 is 18.4. The lowest BCUT2D eigenvalue weighted by molar-refractivity contribution is -0.133. The van der Waals surface area contributed by atoms with Crippen LogP contribution in [-0.4, -0.2) is 55.1 Å². The Kier molecular flexibility index (Phi) is 10.3. The lowest BCUT2D eigenvalue weighted by Crippen LogP contribution is -2.47. The molecule has 30 heavy (non-hydrogen) atoms. The van der Waals surface area contributed by atoms with Crippen molar-refractivity contribution in [3.63, 3.8) is 0 Å². The highest BCUT2D eigenvalue weighted by atomic mass is 32.1. The standard InChI is InChI=1S/C22H30FN3O3S/c1-3-4-11-24-22(28)25(12-13-29-2)17-21(27)26(16-20-6-5-14-30-20)15-18-7-9-19(23)10-8-18/h5-10,14H,3-4,11-13,15-17H2,1-2H3,(H,24,28). The van der Waals surface area contributed by atoms with Crippen molar-refractivity contribution in [2.24, 2.45) is 0 Å². The molecular formula is C22H30FN3O3S. The van der Waals surface area contributed by atoms with Crippen LogP contribution in [0, 0.1) is 5.82 Å². The second kappa shape index (κ2) is 13.0. The number of nitrogens with one attached hydrogen (secondary N) is 1. The molecule has 0 spiro atoms. The molecular weight excluding hydrogens is 405 g/mol. The molecule has 0 aliphatic carbocycles. The largest absolute Gasteiger partial charge is 0.383 e. The maximum absolute atomic E-state index is 13.3. The molecule has 3 amide bonds. The van der Waals surface area contributed by atoms with E-state index in [1.807, 2.05) is 17.5 Å². The molecule has 1 N–H and O–H groups in total. The Morgan fingerprint density at radius 1 is 1.13 bits per heavy atom. The summed E-state index contributed by atoms with van der Waals surface area (Å²) in [6.45, 7) is 4.02. The number of carbonyl (C=O) groups is 2. The van der Waals surface area contributed by atoms with Crippen LogP contribution >= 0.6 is 11.3 Å². The van der Waals surface area contributed by atoms with E-state index in [1.165, 1.54) is 17.0 Å². The Bertz CT molecular complexity index is 768. The molecule has 1 aromatic heterocycles. The average Bonchev–Trinajstić information content (AvgIpc) is 3.25. The molecule has 8 heteroatoms. The molecule has 0 saturated heterocycles. The maximum Gasteiger partial charge on any atom is 0.317 e. The fourth-order valence-corrected chi connectivity index (χ4v) is 3.55. The number of benzene rings is 1. The highest BCUT2D eigenvalue weighted by molar-refractivity contribution is 7.09.